The lowest BCUT2D eigenvalue weighted by atomic mass is 10.2. The number of thioether (sulfide) groups is 1. The van der Waals surface area contributed by atoms with E-state index >= 15 is 0 Å². The molecule has 0 spiro atoms. The van der Waals surface area contributed by atoms with Gasteiger partial charge in [0.15, 0.2) is 11.0 Å². The molecule has 0 bridgehead atoms. The van der Waals surface area contributed by atoms with Crippen LogP contribution in [0.3, 0.4) is 0 Å². The van der Waals surface area contributed by atoms with Gasteiger partial charge in [0.2, 0.25) is 0 Å². The Bertz CT molecular complexity index is 1210. The number of hydrogen-bond donors (Lipinski definition) is 0. The summed E-state index contributed by atoms with van der Waals surface area (Å²) < 4.78 is 17.9. The fourth-order valence-electron chi connectivity index (χ4n) is 3.14. The molecule has 0 aliphatic heterocycles. The van der Waals surface area contributed by atoms with Gasteiger partial charge in [0.25, 0.3) is 0 Å². The Morgan fingerprint density at radius 1 is 0.970 bits per heavy atom. The first-order valence-corrected chi connectivity index (χ1v) is 11.1. The van der Waals surface area contributed by atoms with Crippen LogP contribution in [-0.4, -0.2) is 52.3 Å². The molecule has 0 atom stereocenters. The Hall–Kier alpha value is -3.85. The van der Waals surface area contributed by atoms with E-state index in [1.54, 1.807) is 43.8 Å². The fraction of sp³-hybridized carbons (Fsp3) is 0.167. The summed E-state index contributed by atoms with van der Waals surface area (Å²) in [5.41, 5.74) is 2.28. The predicted molar refractivity (Wildman–Crippen MR) is 125 cm³/mol. The van der Waals surface area contributed by atoms with E-state index in [0.717, 1.165) is 28.0 Å². The maximum atomic E-state index is 11.7. The number of rotatable bonds is 9. The SMILES string of the molecule is COC(=O)c1cccc(OCCSc2nnc(-c3ccncc3)n2-c2ccc(OC)cc2)c1. The molecule has 0 saturated heterocycles. The first-order chi connectivity index (χ1) is 16.2. The smallest absolute Gasteiger partial charge is 0.337 e. The first-order valence-electron chi connectivity index (χ1n) is 10.1. The molecule has 2 aromatic carbocycles. The van der Waals surface area contributed by atoms with Crippen molar-refractivity contribution in [2.24, 2.45) is 0 Å². The molecule has 0 saturated carbocycles. The van der Waals surface area contributed by atoms with Crippen LogP contribution in [-0.2, 0) is 4.74 Å². The molecule has 0 radical (unpaired) electrons. The van der Waals surface area contributed by atoms with Crippen molar-refractivity contribution < 1.29 is 19.0 Å². The fourth-order valence-corrected chi connectivity index (χ4v) is 3.91. The zero-order valence-corrected chi connectivity index (χ0v) is 19.0. The number of esters is 1. The van der Waals surface area contributed by atoms with Crippen LogP contribution in [0.2, 0.25) is 0 Å². The highest BCUT2D eigenvalue weighted by Crippen LogP contribution is 2.28. The van der Waals surface area contributed by atoms with Crippen molar-refractivity contribution in [1.29, 1.82) is 0 Å². The van der Waals surface area contributed by atoms with Crippen molar-refractivity contribution in [2.45, 2.75) is 5.16 Å². The van der Waals surface area contributed by atoms with Gasteiger partial charge in [0.05, 0.1) is 26.4 Å². The monoisotopic (exact) mass is 462 g/mol. The second-order valence-electron chi connectivity index (χ2n) is 6.79. The van der Waals surface area contributed by atoms with Gasteiger partial charge >= 0.3 is 5.97 Å². The molecule has 9 heteroatoms. The van der Waals surface area contributed by atoms with Crippen molar-refractivity contribution >= 4 is 17.7 Å². The average Bonchev–Trinajstić information content (AvgIpc) is 3.30. The highest BCUT2D eigenvalue weighted by Gasteiger charge is 2.16. The van der Waals surface area contributed by atoms with Crippen molar-refractivity contribution in [3.05, 3.63) is 78.6 Å². The Morgan fingerprint density at radius 3 is 2.48 bits per heavy atom. The van der Waals surface area contributed by atoms with Crippen LogP contribution < -0.4 is 9.47 Å². The van der Waals surface area contributed by atoms with Crippen molar-refractivity contribution in [1.82, 2.24) is 19.7 Å². The van der Waals surface area contributed by atoms with Gasteiger partial charge in [-0.15, -0.1) is 10.2 Å². The molecule has 0 aliphatic rings. The topological polar surface area (TPSA) is 88.4 Å². The summed E-state index contributed by atoms with van der Waals surface area (Å²) in [5, 5.41) is 9.57. The molecule has 0 fully saturated rings. The number of pyridine rings is 1. The standard InChI is InChI=1S/C24H22N4O4S/c1-30-20-8-6-19(7-9-20)28-22(17-10-12-25-13-11-17)26-27-24(28)33-15-14-32-21-5-3-4-18(16-21)23(29)31-2/h3-13,16H,14-15H2,1-2H3. The lowest BCUT2D eigenvalue weighted by molar-refractivity contribution is 0.0600. The third-order valence-electron chi connectivity index (χ3n) is 4.74. The number of hydrogen-bond acceptors (Lipinski definition) is 8. The van der Waals surface area contributed by atoms with Crippen LogP contribution in [0, 0.1) is 0 Å². The highest BCUT2D eigenvalue weighted by molar-refractivity contribution is 7.99. The van der Waals surface area contributed by atoms with Crippen LogP contribution in [0.1, 0.15) is 10.4 Å². The van der Waals surface area contributed by atoms with Crippen molar-refractivity contribution in [3.63, 3.8) is 0 Å². The molecule has 168 valence electrons. The van der Waals surface area contributed by atoms with Gasteiger partial charge in [-0.25, -0.2) is 4.79 Å². The molecule has 0 unspecified atom stereocenters. The van der Waals surface area contributed by atoms with E-state index in [0.29, 0.717) is 23.7 Å². The van der Waals surface area contributed by atoms with E-state index in [1.165, 1.54) is 18.9 Å². The molecular weight excluding hydrogens is 440 g/mol. The molecule has 0 N–H and O–H groups in total. The van der Waals surface area contributed by atoms with E-state index < -0.39 is 5.97 Å². The van der Waals surface area contributed by atoms with Crippen LogP contribution in [0.5, 0.6) is 11.5 Å². The minimum Gasteiger partial charge on any atom is -0.497 e. The minimum atomic E-state index is -0.397. The average molecular weight is 463 g/mol. The minimum absolute atomic E-state index is 0.397. The number of carbonyl (C=O) groups excluding carboxylic acids is 1. The van der Waals surface area contributed by atoms with Crippen LogP contribution in [0.4, 0.5) is 0 Å². The summed E-state index contributed by atoms with van der Waals surface area (Å²) in [6.07, 6.45) is 3.46. The summed E-state index contributed by atoms with van der Waals surface area (Å²) in [6.45, 7) is 0.426. The second-order valence-corrected chi connectivity index (χ2v) is 7.85. The Balaban J connectivity index is 1.50. The second kappa shape index (κ2) is 10.6. The number of carbonyl (C=O) groups is 1. The van der Waals surface area contributed by atoms with Gasteiger partial charge in [0, 0.05) is 29.4 Å². The Kier molecular flexibility index (Phi) is 7.21. The largest absolute Gasteiger partial charge is 0.497 e. The maximum Gasteiger partial charge on any atom is 0.337 e. The molecule has 2 aromatic heterocycles. The normalized spacial score (nSPS) is 10.6. The maximum absolute atomic E-state index is 11.7. The third-order valence-corrected chi connectivity index (χ3v) is 5.63. The first kappa shape index (κ1) is 22.3. The van der Waals surface area contributed by atoms with Crippen molar-refractivity contribution in [3.8, 4) is 28.6 Å². The van der Waals surface area contributed by atoms with E-state index in [9.17, 15) is 4.79 Å². The van der Waals surface area contributed by atoms with Crippen LogP contribution in [0.25, 0.3) is 17.1 Å². The summed E-state index contributed by atoms with van der Waals surface area (Å²) in [4.78, 5) is 15.8. The predicted octanol–water partition coefficient (Wildman–Crippen LogP) is 4.30. The number of ether oxygens (including phenoxy) is 3. The third kappa shape index (κ3) is 5.32. The van der Waals surface area contributed by atoms with Gasteiger partial charge in [-0.2, -0.15) is 0 Å². The lowest BCUT2D eigenvalue weighted by Crippen LogP contribution is -2.05. The van der Waals surface area contributed by atoms with Crippen LogP contribution in [0.15, 0.2) is 78.2 Å². The van der Waals surface area contributed by atoms with Gasteiger partial charge in [-0.1, -0.05) is 17.8 Å². The van der Waals surface area contributed by atoms with Gasteiger partial charge in [-0.3, -0.25) is 9.55 Å². The zero-order valence-electron chi connectivity index (χ0n) is 18.2. The zero-order chi connectivity index (χ0) is 23.0. The number of aromatic nitrogens is 4. The summed E-state index contributed by atoms with van der Waals surface area (Å²) in [5.74, 6) is 2.33. The molecule has 4 rings (SSSR count). The van der Waals surface area contributed by atoms with E-state index in [4.69, 9.17) is 14.2 Å². The Morgan fingerprint density at radius 2 is 1.76 bits per heavy atom. The molecule has 0 amide bonds. The summed E-state index contributed by atoms with van der Waals surface area (Å²) >= 11 is 1.53. The highest BCUT2D eigenvalue weighted by atomic mass is 32.2. The number of nitrogens with zero attached hydrogens (tertiary/aromatic N) is 4. The van der Waals surface area contributed by atoms with Gasteiger partial charge in [-0.05, 0) is 54.6 Å². The molecule has 2 heterocycles. The van der Waals surface area contributed by atoms with E-state index in [2.05, 4.69) is 15.2 Å². The molecular formula is C24H22N4O4S. The molecule has 0 aliphatic carbocycles. The van der Waals surface area contributed by atoms with E-state index in [1.807, 2.05) is 41.0 Å². The van der Waals surface area contributed by atoms with E-state index in [-0.39, 0.29) is 0 Å². The summed E-state index contributed by atoms with van der Waals surface area (Å²) in [6, 6.07) is 18.4. The van der Waals surface area contributed by atoms with Gasteiger partial charge < -0.3 is 14.2 Å². The number of methoxy groups -OCH3 is 2. The quantitative estimate of drug-likeness (QED) is 0.207. The summed E-state index contributed by atoms with van der Waals surface area (Å²) in [7, 11) is 2.99. The molecule has 33 heavy (non-hydrogen) atoms. The number of benzene rings is 2. The molecule has 4 aromatic rings. The van der Waals surface area contributed by atoms with Crippen LogP contribution >= 0.6 is 11.8 Å². The lowest BCUT2D eigenvalue weighted by Gasteiger charge is -2.11. The van der Waals surface area contributed by atoms with Gasteiger partial charge in [0.1, 0.15) is 11.5 Å². The molecule has 8 nitrogen and oxygen atoms in total. The Labute approximate surface area is 195 Å². The van der Waals surface area contributed by atoms with Crippen molar-refractivity contribution in [2.75, 3.05) is 26.6 Å².